The van der Waals surface area contributed by atoms with Crippen molar-refractivity contribution in [3.8, 4) is 0 Å². The molecule has 1 atom stereocenters. The third kappa shape index (κ3) is 41.9. The van der Waals surface area contributed by atoms with E-state index in [4.69, 9.17) is 9.84 Å². The number of carbonyl (C=O) groups excluding carboxylic acids is 2. The van der Waals surface area contributed by atoms with E-state index in [1.807, 2.05) is 0 Å². The highest BCUT2D eigenvalue weighted by molar-refractivity contribution is 5.80. The number of hydrogen-bond acceptors (Lipinski definition) is 4. The molecule has 2 N–H and O–H groups in total. The summed E-state index contributed by atoms with van der Waals surface area (Å²) >= 11 is 0. The van der Waals surface area contributed by atoms with E-state index < -0.39 is 5.97 Å². The standard InChI is InChI=1S/C48H83NO5/c1-3-5-7-9-11-13-14-15-16-17-18-19-20-21-22-23-24-25-26-27-29-35-39-43-48(53)54-45(40-36-32-28-12-10-8-6-4-2)41-37-33-30-31-34-38-42-46(50)49-44-47(51)52/h12,14-15,17-18,20-21,28,36,40,45H,3-11,13,16,19,22-27,29-35,37-39,41-44H2,1-2H3,(H,49,50)(H,51,52)/b15-14-,18-17-,21-20-,28-12-,40-36-. The van der Waals surface area contributed by atoms with Gasteiger partial charge >= 0.3 is 11.9 Å². The first-order valence-corrected chi connectivity index (χ1v) is 22.4. The van der Waals surface area contributed by atoms with Gasteiger partial charge < -0.3 is 15.2 Å². The van der Waals surface area contributed by atoms with Gasteiger partial charge in [0.15, 0.2) is 0 Å². The summed E-state index contributed by atoms with van der Waals surface area (Å²) in [6, 6.07) is 0. The van der Waals surface area contributed by atoms with Gasteiger partial charge in [-0.05, 0) is 89.5 Å². The van der Waals surface area contributed by atoms with Crippen LogP contribution in [0.3, 0.4) is 0 Å². The van der Waals surface area contributed by atoms with Crippen LogP contribution in [0.25, 0.3) is 0 Å². The van der Waals surface area contributed by atoms with Crippen LogP contribution >= 0.6 is 0 Å². The first-order valence-electron chi connectivity index (χ1n) is 22.4. The molecule has 0 spiro atoms. The molecule has 0 fully saturated rings. The minimum absolute atomic E-state index is 0.0789. The average molecular weight is 754 g/mol. The molecule has 0 rings (SSSR count). The van der Waals surface area contributed by atoms with Crippen LogP contribution in [0.1, 0.15) is 213 Å². The van der Waals surface area contributed by atoms with Gasteiger partial charge in [0.2, 0.25) is 5.91 Å². The monoisotopic (exact) mass is 754 g/mol. The molecular weight excluding hydrogens is 671 g/mol. The molecule has 0 aliphatic rings. The summed E-state index contributed by atoms with van der Waals surface area (Å²) in [6.07, 6.45) is 56.6. The first kappa shape index (κ1) is 51.1. The molecular formula is C48H83NO5. The van der Waals surface area contributed by atoms with Gasteiger partial charge in [-0.2, -0.15) is 0 Å². The number of allylic oxidation sites excluding steroid dienone is 9. The summed E-state index contributed by atoms with van der Waals surface area (Å²) in [5, 5.41) is 11.1. The average Bonchev–Trinajstić information content (AvgIpc) is 3.16. The number of amides is 1. The van der Waals surface area contributed by atoms with Gasteiger partial charge in [0.05, 0.1) is 0 Å². The van der Waals surface area contributed by atoms with Crippen molar-refractivity contribution in [2.24, 2.45) is 0 Å². The first-order chi connectivity index (χ1) is 26.5. The van der Waals surface area contributed by atoms with Crippen molar-refractivity contribution >= 4 is 17.8 Å². The van der Waals surface area contributed by atoms with E-state index in [0.717, 1.165) is 83.5 Å². The number of aliphatic carboxylic acids is 1. The second-order valence-corrected chi connectivity index (χ2v) is 14.9. The van der Waals surface area contributed by atoms with Crippen LogP contribution in [-0.2, 0) is 19.1 Å². The highest BCUT2D eigenvalue weighted by Crippen LogP contribution is 2.16. The lowest BCUT2D eigenvalue weighted by molar-refractivity contribution is -0.147. The summed E-state index contributed by atoms with van der Waals surface area (Å²) < 4.78 is 5.92. The molecule has 54 heavy (non-hydrogen) atoms. The van der Waals surface area contributed by atoms with E-state index >= 15 is 0 Å². The molecule has 0 saturated carbocycles. The van der Waals surface area contributed by atoms with E-state index in [1.165, 1.54) is 103 Å². The number of rotatable bonds is 40. The van der Waals surface area contributed by atoms with Crippen LogP contribution in [-0.4, -0.2) is 35.6 Å². The number of esters is 1. The Balaban J connectivity index is 4.05. The lowest BCUT2D eigenvalue weighted by atomic mass is 10.0. The molecule has 0 aliphatic heterocycles. The molecule has 1 amide bonds. The Bertz CT molecular complexity index is 1010. The molecule has 6 nitrogen and oxygen atoms in total. The number of carboxylic acid groups (broad SMARTS) is 1. The fourth-order valence-electron chi connectivity index (χ4n) is 6.29. The van der Waals surface area contributed by atoms with Crippen molar-refractivity contribution in [3.63, 3.8) is 0 Å². The number of carbonyl (C=O) groups is 3. The van der Waals surface area contributed by atoms with E-state index in [-0.39, 0.29) is 24.5 Å². The van der Waals surface area contributed by atoms with Crippen LogP contribution in [0.5, 0.6) is 0 Å². The van der Waals surface area contributed by atoms with E-state index in [9.17, 15) is 14.4 Å². The zero-order valence-electron chi connectivity index (χ0n) is 35.1. The van der Waals surface area contributed by atoms with Gasteiger partial charge in [-0.25, -0.2) is 0 Å². The van der Waals surface area contributed by atoms with E-state index in [1.54, 1.807) is 0 Å². The SMILES string of the molecule is CCCCC/C=C\C/C=C\C(CCCCCCCCC(=O)NCC(=O)O)OC(=O)CCCCCCCCCC/C=C\C/C=C\C/C=C\CCCCCCC. The smallest absolute Gasteiger partial charge is 0.322 e. The van der Waals surface area contributed by atoms with Crippen molar-refractivity contribution in [1.82, 2.24) is 5.32 Å². The summed E-state index contributed by atoms with van der Waals surface area (Å²) in [4.78, 5) is 34.9. The summed E-state index contributed by atoms with van der Waals surface area (Å²) in [5.41, 5.74) is 0. The van der Waals surface area contributed by atoms with Gasteiger partial charge in [0.25, 0.3) is 0 Å². The maximum absolute atomic E-state index is 12.7. The van der Waals surface area contributed by atoms with Gasteiger partial charge in [0, 0.05) is 12.8 Å². The third-order valence-corrected chi connectivity index (χ3v) is 9.65. The van der Waals surface area contributed by atoms with Crippen LogP contribution in [0, 0.1) is 0 Å². The number of nitrogens with one attached hydrogen (secondary N) is 1. The number of ether oxygens (including phenoxy) is 1. The van der Waals surface area contributed by atoms with Crippen molar-refractivity contribution in [1.29, 1.82) is 0 Å². The Labute approximate surface area is 332 Å². The molecule has 0 aromatic carbocycles. The molecule has 0 bridgehead atoms. The van der Waals surface area contributed by atoms with Crippen LogP contribution < -0.4 is 5.32 Å². The van der Waals surface area contributed by atoms with E-state index in [0.29, 0.717) is 12.8 Å². The van der Waals surface area contributed by atoms with E-state index in [2.05, 4.69) is 79.9 Å². The van der Waals surface area contributed by atoms with Crippen LogP contribution in [0.2, 0.25) is 0 Å². The molecule has 0 aliphatic carbocycles. The normalized spacial score (nSPS) is 12.6. The summed E-state index contributed by atoms with van der Waals surface area (Å²) in [7, 11) is 0. The lowest BCUT2D eigenvalue weighted by Crippen LogP contribution is -2.28. The fourth-order valence-corrected chi connectivity index (χ4v) is 6.29. The molecule has 6 heteroatoms. The van der Waals surface area contributed by atoms with Gasteiger partial charge in [-0.1, -0.05) is 171 Å². The number of carboxylic acids is 1. The molecule has 0 aromatic heterocycles. The second kappa shape index (κ2) is 42.8. The topological polar surface area (TPSA) is 92.7 Å². The Morgan fingerprint density at radius 3 is 1.44 bits per heavy atom. The maximum atomic E-state index is 12.7. The Kier molecular flexibility index (Phi) is 40.6. The maximum Gasteiger partial charge on any atom is 0.322 e. The fraction of sp³-hybridized carbons (Fsp3) is 0.729. The predicted octanol–water partition coefficient (Wildman–Crippen LogP) is 14.0. The van der Waals surface area contributed by atoms with Gasteiger partial charge in [-0.15, -0.1) is 0 Å². The van der Waals surface area contributed by atoms with Gasteiger partial charge in [-0.3, -0.25) is 14.4 Å². The van der Waals surface area contributed by atoms with Crippen molar-refractivity contribution < 1.29 is 24.2 Å². The third-order valence-electron chi connectivity index (χ3n) is 9.65. The molecule has 310 valence electrons. The highest BCUT2D eigenvalue weighted by atomic mass is 16.5. The minimum Gasteiger partial charge on any atom is -0.480 e. The van der Waals surface area contributed by atoms with Crippen molar-refractivity contribution in [3.05, 3.63) is 60.8 Å². The predicted molar refractivity (Wildman–Crippen MR) is 231 cm³/mol. The Morgan fingerprint density at radius 1 is 0.500 bits per heavy atom. The van der Waals surface area contributed by atoms with Crippen molar-refractivity contribution in [2.45, 2.75) is 219 Å². The molecule has 0 heterocycles. The van der Waals surface area contributed by atoms with Gasteiger partial charge in [0.1, 0.15) is 12.6 Å². The number of hydrogen-bond donors (Lipinski definition) is 2. The summed E-state index contributed by atoms with van der Waals surface area (Å²) in [5.74, 6) is -1.30. The van der Waals surface area contributed by atoms with Crippen LogP contribution in [0.4, 0.5) is 0 Å². The second-order valence-electron chi connectivity index (χ2n) is 14.9. The largest absolute Gasteiger partial charge is 0.480 e. The molecule has 0 radical (unpaired) electrons. The molecule has 0 saturated heterocycles. The molecule has 1 unspecified atom stereocenters. The van der Waals surface area contributed by atoms with Crippen LogP contribution in [0.15, 0.2) is 60.8 Å². The Morgan fingerprint density at radius 2 is 0.907 bits per heavy atom. The molecule has 0 aromatic rings. The van der Waals surface area contributed by atoms with Crippen molar-refractivity contribution in [2.75, 3.05) is 6.54 Å². The zero-order chi connectivity index (χ0) is 39.4. The highest BCUT2D eigenvalue weighted by Gasteiger charge is 2.11. The minimum atomic E-state index is -1.02. The zero-order valence-corrected chi connectivity index (χ0v) is 35.1. The lowest BCUT2D eigenvalue weighted by Gasteiger charge is -2.14. The quantitative estimate of drug-likeness (QED) is 0.0369. The summed E-state index contributed by atoms with van der Waals surface area (Å²) in [6.45, 7) is 4.17. The Hall–Kier alpha value is -2.89. The number of unbranched alkanes of at least 4 members (excludes halogenated alkanes) is 21.